The van der Waals surface area contributed by atoms with E-state index in [0.29, 0.717) is 6.04 Å². The number of aromatic nitrogens is 2. The lowest BCUT2D eigenvalue weighted by molar-refractivity contribution is 0.193. The zero-order valence-corrected chi connectivity index (χ0v) is 16.9. The second-order valence-electron chi connectivity index (χ2n) is 8.30. The van der Waals surface area contributed by atoms with Crippen LogP contribution in [0.25, 0.3) is 16.6 Å². The SMILES string of the molecule is O=C(NC1CCCCC1)N1CCCN(c2nc3ccccc3n3cccc23)CC1. The van der Waals surface area contributed by atoms with Gasteiger partial charge in [-0.2, -0.15) is 0 Å². The lowest BCUT2D eigenvalue weighted by Gasteiger charge is -2.28. The van der Waals surface area contributed by atoms with Gasteiger partial charge in [-0.05, 0) is 43.5 Å². The molecule has 1 aliphatic heterocycles. The van der Waals surface area contributed by atoms with Crippen molar-refractivity contribution in [1.82, 2.24) is 19.6 Å². The fourth-order valence-electron chi connectivity index (χ4n) is 4.78. The first-order chi connectivity index (χ1) is 14.3. The highest BCUT2D eigenvalue weighted by molar-refractivity contribution is 5.85. The Bertz CT molecular complexity index is 1010. The van der Waals surface area contributed by atoms with Crippen molar-refractivity contribution in [3.8, 4) is 0 Å². The van der Waals surface area contributed by atoms with E-state index in [9.17, 15) is 4.79 Å². The summed E-state index contributed by atoms with van der Waals surface area (Å²) in [7, 11) is 0. The number of anilines is 1. The average Bonchev–Trinajstić information content (AvgIpc) is 3.12. The first kappa shape index (κ1) is 18.3. The number of amides is 2. The smallest absolute Gasteiger partial charge is 0.317 e. The Morgan fingerprint density at radius 1 is 0.897 bits per heavy atom. The van der Waals surface area contributed by atoms with Gasteiger partial charge in [0.1, 0.15) is 0 Å². The van der Waals surface area contributed by atoms with Gasteiger partial charge >= 0.3 is 6.03 Å². The number of carbonyl (C=O) groups is 1. The van der Waals surface area contributed by atoms with Gasteiger partial charge in [0.2, 0.25) is 0 Å². The van der Waals surface area contributed by atoms with E-state index in [2.05, 4.69) is 51.1 Å². The van der Waals surface area contributed by atoms with Crippen molar-refractivity contribution in [2.24, 2.45) is 0 Å². The molecular formula is C23H29N5O. The Hall–Kier alpha value is -2.76. The number of urea groups is 1. The van der Waals surface area contributed by atoms with Gasteiger partial charge in [-0.1, -0.05) is 31.4 Å². The monoisotopic (exact) mass is 391 g/mol. The summed E-state index contributed by atoms with van der Waals surface area (Å²) in [6, 6.07) is 12.9. The molecule has 1 N–H and O–H groups in total. The second kappa shape index (κ2) is 7.93. The van der Waals surface area contributed by atoms with E-state index < -0.39 is 0 Å². The summed E-state index contributed by atoms with van der Waals surface area (Å²) < 4.78 is 2.22. The molecule has 152 valence electrons. The Labute approximate surface area is 171 Å². The van der Waals surface area contributed by atoms with Crippen LogP contribution in [0.5, 0.6) is 0 Å². The summed E-state index contributed by atoms with van der Waals surface area (Å²) in [4.78, 5) is 22.1. The molecule has 1 aromatic carbocycles. The quantitative estimate of drug-likeness (QED) is 0.717. The molecule has 2 fully saturated rings. The molecule has 3 aromatic rings. The summed E-state index contributed by atoms with van der Waals surface area (Å²) in [6.45, 7) is 3.27. The summed E-state index contributed by atoms with van der Waals surface area (Å²) >= 11 is 0. The van der Waals surface area contributed by atoms with Crippen LogP contribution in [-0.2, 0) is 0 Å². The van der Waals surface area contributed by atoms with E-state index in [-0.39, 0.29) is 6.03 Å². The average molecular weight is 392 g/mol. The molecule has 2 aromatic heterocycles. The van der Waals surface area contributed by atoms with Gasteiger partial charge in [-0.25, -0.2) is 9.78 Å². The molecule has 2 aliphatic rings. The van der Waals surface area contributed by atoms with E-state index in [0.717, 1.165) is 67.8 Å². The molecular weight excluding hydrogens is 362 g/mol. The molecule has 0 bridgehead atoms. The highest BCUT2D eigenvalue weighted by Gasteiger charge is 2.24. The van der Waals surface area contributed by atoms with Crippen LogP contribution in [0.15, 0.2) is 42.6 Å². The van der Waals surface area contributed by atoms with E-state index >= 15 is 0 Å². The number of para-hydroxylation sites is 2. The second-order valence-corrected chi connectivity index (χ2v) is 8.30. The normalized spacial score (nSPS) is 18.9. The van der Waals surface area contributed by atoms with Gasteiger partial charge in [-0.3, -0.25) is 0 Å². The standard InChI is InChI=1S/C23H29N5O/c29-23(24-18-8-2-1-3-9-18)27-14-7-13-26(16-17-27)22-21-12-6-15-28(21)20-11-5-4-10-19(20)25-22/h4-6,10-12,15,18H,1-3,7-9,13-14,16-17H2,(H,24,29). The topological polar surface area (TPSA) is 52.9 Å². The molecule has 3 heterocycles. The van der Waals surface area contributed by atoms with Crippen molar-refractivity contribution in [1.29, 1.82) is 0 Å². The first-order valence-corrected chi connectivity index (χ1v) is 11.0. The third kappa shape index (κ3) is 3.63. The molecule has 1 saturated carbocycles. The van der Waals surface area contributed by atoms with E-state index in [1.807, 2.05) is 11.0 Å². The molecule has 1 aliphatic carbocycles. The van der Waals surface area contributed by atoms with Crippen LogP contribution in [0.3, 0.4) is 0 Å². The molecule has 0 spiro atoms. The lowest BCUT2D eigenvalue weighted by atomic mass is 9.96. The van der Waals surface area contributed by atoms with Gasteiger partial charge in [0, 0.05) is 38.4 Å². The Balaban J connectivity index is 1.34. The molecule has 6 nitrogen and oxygen atoms in total. The number of hydrogen-bond donors (Lipinski definition) is 1. The van der Waals surface area contributed by atoms with E-state index in [4.69, 9.17) is 4.98 Å². The van der Waals surface area contributed by atoms with Crippen molar-refractivity contribution in [2.75, 3.05) is 31.1 Å². The Morgan fingerprint density at radius 3 is 2.62 bits per heavy atom. The Kier molecular flexibility index (Phi) is 5.00. The number of rotatable bonds is 2. The fraction of sp³-hybridized carbons (Fsp3) is 0.478. The molecule has 29 heavy (non-hydrogen) atoms. The number of nitrogens with zero attached hydrogens (tertiary/aromatic N) is 4. The molecule has 0 atom stereocenters. The van der Waals surface area contributed by atoms with Crippen molar-refractivity contribution >= 4 is 28.4 Å². The number of benzene rings is 1. The van der Waals surface area contributed by atoms with E-state index in [1.165, 1.54) is 19.3 Å². The predicted molar refractivity (Wildman–Crippen MR) is 117 cm³/mol. The summed E-state index contributed by atoms with van der Waals surface area (Å²) in [5.41, 5.74) is 3.26. The van der Waals surface area contributed by atoms with Crippen LogP contribution in [-0.4, -0.2) is 52.5 Å². The number of hydrogen-bond acceptors (Lipinski definition) is 3. The van der Waals surface area contributed by atoms with Crippen LogP contribution in [0.1, 0.15) is 38.5 Å². The molecule has 6 heteroatoms. The van der Waals surface area contributed by atoms with Gasteiger partial charge in [0.15, 0.2) is 5.82 Å². The molecule has 0 radical (unpaired) electrons. The van der Waals surface area contributed by atoms with Crippen LogP contribution in [0.2, 0.25) is 0 Å². The highest BCUT2D eigenvalue weighted by atomic mass is 16.2. The van der Waals surface area contributed by atoms with E-state index in [1.54, 1.807) is 0 Å². The molecule has 5 rings (SSSR count). The lowest BCUT2D eigenvalue weighted by Crippen LogP contribution is -2.46. The maximum absolute atomic E-state index is 12.8. The largest absolute Gasteiger partial charge is 0.353 e. The predicted octanol–water partition coefficient (Wildman–Crippen LogP) is 4.04. The van der Waals surface area contributed by atoms with Gasteiger partial charge in [0.25, 0.3) is 0 Å². The number of carbonyl (C=O) groups excluding carboxylic acids is 1. The summed E-state index contributed by atoms with van der Waals surface area (Å²) in [5.74, 6) is 1.02. The summed E-state index contributed by atoms with van der Waals surface area (Å²) in [5, 5.41) is 3.27. The highest BCUT2D eigenvalue weighted by Crippen LogP contribution is 2.26. The van der Waals surface area contributed by atoms with Crippen molar-refractivity contribution in [2.45, 2.75) is 44.6 Å². The number of fused-ring (bicyclic) bond motifs is 3. The van der Waals surface area contributed by atoms with Gasteiger partial charge in [0.05, 0.1) is 16.6 Å². The molecule has 0 unspecified atom stereocenters. The first-order valence-electron chi connectivity index (χ1n) is 11.0. The molecule has 2 amide bonds. The van der Waals surface area contributed by atoms with Crippen molar-refractivity contribution in [3.63, 3.8) is 0 Å². The number of nitrogens with one attached hydrogen (secondary N) is 1. The summed E-state index contributed by atoms with van der Waals surface area (Å²) in [6.07, 6.45) is 9.08. The van der Waals surface area contributed by atoms with Crippen molar-refractivity contribution < 1.29 is 4.79 Å². The molecule has 1 saturated heterocycles. The van der Waals surface area contributed by atoms with Crippen molar-refractivity contribution in [3.05, 3.63) is 42.6 Å². The minimum Gasteiger partial charge on any atom is -0.353 e. The third-order valence-corrected chi connectivity index (χ3v) is 6.36. The van der Waals surface area contributed by atoms with Gasteiger partial charge < -0.3 is 19.5 Å². The minimum atomic E-state index is 0.109. The fourth-order valence-corrected chi connectivity index (χ4v) is 4.78. The zero-order valence-electron chi connectivity index (χ0n) is 16.9. The third-order valence-electron chi connectivity index (χ3n) is 6.36. The van der Waals surface area contributed by atoms with Crippen LogP contribution in [0.4, 0.5) is 10.6 Å². The zero-order chi connectivity index (χ0) is 19.6. The van der Waals surface area contributed by atoms with Crippen LogP contribution >= 0.6 is 0 Å². The maximum Gasteiger partial charge on any atom is 0.317 e. The van der Waals surface area contributed by atoms with Gasteiger partial charge in [-0.15, -0.1) is 0 Å². The Morgan fingerprint density at radius 2 is 1.72 bits per heavy atom. The minimum absolute atomic E-state index is 0.109. The maximum atomic E-state index is 12.8. The van der Waals surface area contributed by atoms with Crippen LogP contribution < -0.4 is 10.2 Å². The van der Waals surface area contributed by atoms with Crippen LogP contribution in [0, 0.1) is 0 Å².